The molecule has 0 unspecified atom stereocenters. The number of aryl methyl sites for hydroxylation is 1. The molecule has 0 atom stereocenters. The summed E-state index contributed by atoms with van der Waals surface area (Å²) in [6.45, 7) is 2.09. The third kappa shape index (κ3) is 3.29. The van der Waals surface area contributed by atoms with Gasteiger partial charge in [-0.05, 0) is 36.2 Å². The number of hydrazine groups is 1. The molecule has 98 valence electrons. The average molecular weight is 256 g/mol. The molecule has 19 heavy (non-hydrogen) atoms. The predicted molar refractivity (Wildman–Crippen MR) is 75.8 cm³/mol. The summed E-state index contributed by atoms with van der Waals surface area (Å²) < 4.78 is 0. The number of aromatic nitrogens is 1. The minimum absolute atomic E-state index is 0.263. The van der Waals surface area contributed by atoms with Crippen molar-refractivity contribution in [3.8, 4) is 0 Å². The van der Waals surface area contributed by atoms with Crippen LogP contribution in [0.15, 0.2) is 42.5 Å². The Labute approximate surface area is 111 Å². The summed E-state index contributed by atoms with van der Waals surface area (Å²) in [5.41, 5.74) is 4.70. The van der Waals surface area contributed by atoms with E-state index < -0.39 is 0 Å². The Morgan fingerprint density at radius 3 is 2.58 bits per heavy atom. The number of nitrogens with one attached hydrogen (secondary N) is 2. The molecule has 5 heteroatoms. The lowest BCUT2D eigenvalue weighted by Gasteiger charge is -2.06. The summed E-state index contributed by atoms with van der Waals surface area (Å²) >= 11 is 0. The predicted octanol–water partition coefficient (Wildman–Crippen LogP) is 2.18. The molecule has 5 nitrogen and oxygen atoms in total. The van der Waals surface area contributed by atoms with E-state index in [9.17, 15) is 4.79 Å². The van der Waals surface area contributed by atoms with E-state index in [1.54, 1.807) is 18.2 Å². The number of amides is 1. The third-order valence-corrected chi connectivity index (χ3v) is 2.75. The van der Waals surface area contributed by atoms with Gasteiger partial charge in [-0.15, -0.1) is 0 Å². The van der Waals surface area contributed by atoms with Gasteiger partial charge >= 0.3 is 0 Å². The largest absolute Gasteiger partial charge is 0.321 e. The quantitative estimate of drug-likeness (QED) is 0.578. The topological polar surface area (TPSA) is 80.0 Å². The van der Waals surface area contributed by atoms with Gasteiger partial charge in [-0.2, -0.15) is 0 Å². The molecule has 1 aromatic carbocycles. The maximum Gasteiger partial charge on any atom is 0.274 e. The number of rotatable bonds is 4. The van der Waals surface area contributed by atoms with Crippen LogP contribution in [0.5, 0.6) is 0 Å². The molecule has 1 aromatic heterocycles. The van der Waals surface area contributed by atoms with Crippen molar-refractivity contribution in [3.63, 3.8) is 0 Å². The zero-order chi connectivity index (χ0) is 13.7. The number of pyridine rings is 1. The number of carbonyl (C=O) groups excluding carboxylic acids is 1. The fourth-order valence-electron chi connectivity index (χ4n) is 1.66. The van der Waals surface area contributed by atoms with Gasteiger partial charge in [-0.25, -0.2) is 10.8 Å². The van der Waals surface area contributed by atoms with Crippen molar-refractivity contribution in [1.29, 1.82) is 0 Å². The molecule has 0 bridgehead atoms. The summed E-state index contributed by atoms with van der Waals surface area (Å²) in [6.07, 6.45) is 0.972. The van der Waals surface area contributed by atoms with Gasteiger partial charge in [0.15, 0.2) is 0 Å². The van der Waals surface area contributed by atoms with Crippen molar-refractivity contribution in [2.45, 2.75) is 13.3 Å². The summed E-state index contributed by atoms with van der Waals surface area (Å²) in [5, 5.41) is 2.79. The van der Waals surface area contributed by atoms with E-state index in [1.807, 2.05) is 24.3 Å². The summed E-state index contributed by atoms with van der Waals surface area (Å²) in [5.74, 6) is 5.45. The zero-order valence-electron chi connectivity index (χ0n) is 10.7. The molecular weight excluding hydrogens is 240 g/mol. The SMILES string of the molecule is CCc1ccc(NC(=O)c2cccc(NN)n2)cc1. The van der Waals surface area contributed by atoms with Crippen LogP contribution in [0, 0.1) is 0 Å². The molecule has 0 aliphatic rings. The Hall–Kier alpha value is -2.40. The minimum Gasteiger partial charge on any atom is -0.321 e. The number of nitrogen functional groups attached to an aromatic ring is 1. The second-order valence-electron chi connectivity index (χ2n) is 4.06. The summed E-state index contributed by atoms with van der Waals surface area (Å²) in [6, 6.07) is 12.8. The number of benzene rings is 1. The van der Waals surface area contributed by atoms with Crippen molar-refractivity contribution in [2.24, 2.45) is 5.84 Å². The van der Waals surface area contributed by atoms with Crippen molar-refractivity contribution < 1.29 is 4.79 Å². The van der Waals surface area contributed by atoms with E-state index in [-0.39, 0.29) is 5.91 Å². The maximum absolute atomic E-state index is 12.0. The Balaban J connectivity index is 2.11. The molecule has 0 aliphatic carbocycles. The Morgan fingerprint density at radius 1 is 1.21 bits per heavy atom. The van der Waals surface area contributed by atoms with E-state index in [2.05, 4.69) is 22.7 Å². The summed E-state index contributed by atoms with van der Waals surface area (Å²) in [4.78, 5) is 16.1. The summed E-state index contributed by atoms with van der Waals surface area (Å²) in [7, 11) is 0. The number of carbonyl (C=O) groups is 1. The molecule has 0 saturated carbocycles. The Morgan fingerprint density at radius 2 is 1.95 bits per heavy atom. The average Bonchev–Trinajstić information content (AvgIpc) is 2.48. The number of anilines is 2. The zero-order valence-corrected chi connectivity index (χ0v) is 10.7. The first-order valence-electron chi connectivity index (χ1n) is 6.07. The van der Waals surface area contributed by atoms with Crippen LogP contribution in [-0.2, 0) is 6.42 Å². The van der Waals surface area contributed by atoms with Gasteiger partial charge in [0.25, 0.3) is 5.91 Å². The van der Waals surface area contributed by atoms with Gasteiger partial charge in [0.2, 0.25) is 0 Å². The van der Waals surface area contributed by atoms with Gasteiger partial charge in [-0.3, -0.25) is 4.79 Å². The molecule has 0 aliphatic heterocycles. The van der Waals surface area contributed by atoms with Crippen LogP contribution in [0.2, 0.25) is 0 Å². The molecule has 0 saturated heterocycles. The van der Waals surface area contributed by atoms with Crippen LogP contribution >= 0.6 is 0 Å². The molecular formula is C14H16N4O. The lowest BCUT2D eigenvalue weighted by atomic mass is 10.1. The van der Waals surface area contributed by atoms with Crippen LogP contribution in [0.3, 0.4) is 0 Å². The van der Waals surface area contributed by atoms with E-state index in [0.29, 0.717) is 11.5 Å². The fourth-order valence-corrected chi connectivity index (χ4v) is 1.66. The molecule has 0 radical (unpaired) electrons. The lowest BCUT2D eigenvalue weighted by molar-refractivity contribution is 0.102. The molecule has 4 N–H and O–H groups in total. The highest BCUT2D eigenvalue weighted by molar-refractivity contribution is 6.03. The van der Waals surface area contributed by atoms with Crippen LogP contribution < -0.4 is 16.6 Å². The monoisotopic (exact) mass is 256 g/mol. The van der Waals surface area contributed by atoms with Gasteiger partial charge in [0.05, 0.1) is 0 Å². The van der Waals surface area contributed by atoms with Gasteiger partial charge in [0.1, 0.15) is 11.5 Å². The number of nitrogens with two attached hydrogens (primary N) is 1. The molecule has 1 heterocycles. The fraction of sp³-hybridized carbons (Fsp3) is 0.143. The molecule has 2 rings (SSSR count). The first-order chi connectivity index (χ1) is 9.22. The van der Waals surface area contributed by atoms with E-state index >= 15 is 0 Å². The standard InChI is InChI=1S/C14H16N4O/c1-2-10-6-8-11(9-7-10)16-14(19)12-4-3-5-13(17-12)18-15/h3-9H,2,15H2,1H3,(H,16,19)(H,17,18). The van der Waals surface area contributed by atoms with Gasteiger partial charge < -0.3 is 10.7 Å². The normalized spacial score (nSPS) is 10.0. The van der Waals surface area contributed by atoms with E-state index in [0.717, 1.165) is 12.1 Å². The smallest absolute Gasteiger partial charge is 0.274 e. The minimum atomic E-state index is -0.263. The highest BCUT2D eigenvalue weighted by Crippen LogP contribution is 2.12. The number of hydrogen-bond acceptors (Lipinski definition) is 4. The third-order valence-electron chi connectivity index (χ3n) is 2.75. The highest BCUT2D eigenvalue weighted by Gasteiger charge is 2.08. The second kappa shape index (κ2) is 5.97. The molecule has 0 spiro atoms. The van der Waals surface area contributed by atoms with Crippen LogP contribution in [0.1, 0.15) is 23.0 Å². The molecule has 2 aromatic rings. The Kier molecular flexibility index (Phi) is 4.10. The first kappa shape index (κ1) is 13.0. The van der Waals surface area contributed by atoms with Gasteiger partial charge in [0, 0.05) is 5.69 Å². The van der Waals surface area contributed by atoms with Gasteiger partial charge in [-0.1, -0.05) is 25.1 Å². The van der Waals surface area contributed by atoms with Crippen LogP contribution in [-0.4, -0.2) is 10.9 Å². The van der Waals surface area contributed by atoms with Crippen molar-refractivity contribution in [3.05, 3.63) is 53.7 Å². The number of hydrogen-bond donors (Lipinski definition) is 3. The molecule has 1 amide bonds. The lowest BCUT2D eigenvalue weighted by Crippen LogP contribution is -2.16. The Bertz CT molecular complexity index is 566. The van der Waals surface area contributed by atoms with Crippen LogP contribution in [0.25, 0.3) is 0 Å². The first-order valence-corrected chi connectivity index (χ1v) is 6.07. The molecule has 0 fully saturated rings. The second-order valence-corrected chi connectivity index (χ2v) is 4.06. The number of nitrogens with zero attached hydrogens (tertiary/aromatic N) is 1. The van der Waals surface area contributed by atoms with Crippen molar-refractivity contribution in [2.75, 3.05) is 10.7 Å². The van der Waals surface area contributed by atoms with E-state index in [1.165, 1.54) is 5.56 Å². The van der Waals surface area contributed by atoms with Crippen LogP contribution in [0.4, 0.5) is 11.5 Å². The highest BCUT2D eigenvalue weighted by atomic mass is 16.1. The van der Waals surface area contributed by atoms with Crippen molar-refractivity contribution in [1.82, 2.24) is 4.98 Å². The van der Waals surface area contributed by atoms with Crippen molar-refractivity contribution >= 4 is 17.4 Å². The van der Waals surface area contributed by atoms with E-state index in [4.69, 9.17) is 5.84 Å². The maximum atomic E-state index is 12.0.